The van der Waals surface area contributed by atoms with E-state index in [9.17, 15) is 37.8 Å². The molecule has 4 aliphatic rings. The number of aromatic nitrogens is 1. The van der Waals surface area contributed by atoms with E-state index in [2.05, 4.69) is 25.8 Å². The monoisotopic (exact) mass is 861 g/mol. The smallest absolute Gasteiger partial charge is 0.374 e. The predicted octanol–water partition coefficient (Wildman–Crippen LogP) is 6.52. The number of hydrogen-bond acceptors (Lipinski definition) is 10. The van der Waals surface area contributed by atoms with Crippen molar-refractivity contribution in [2.75, 3.05) is 38.0 Å². The molecule has 4 aromatic carbocycles. The molecule has 12 nitrogen and oxygen atoms in total. The van der Waals surface area contributed by atoms with Gasteiger partial charge >= 0.3 is 6.18 Å². The van der Waals surface area contributed by atoms with Crippen molar-refractivity contribution in [3.63, 3.8) is 0 Å². The highest BCUT2D eigenvalue weighted by Gasteiger charge is 2.46. The summed E-state index contributed by atoms with van der Waals surface area (Å²) in [6.45, 7) is 7.31. The summed E-state index contributed by atoms with van der Waals surface area (Å²) >= 11 is 0. The van der Waals surface area contributed by atoms with Gasteiger partial charge in [-0.2, -0.15) is 13.2 Å². The second-order valence-electron chi connectivity index (χ2n) is 17.3. The Balaban J connectivity index is 0.735. The van der Waals surface area contributed by atoms with E-state index >= 15 is 0 Å². The average molecular weight is 862 g/mol. The summed E-state index contributed by atoms with van der Waals surface area (Å²) in [5.74, 6) is 0.187. The number of carbonyl (C=O) groups is 3. The second-order valence-corrected chi connectivity index (χ2v) is 17.3. The number of benzene rings is 4. The fourth-order valence-corrected chi connectivity index (χ4v) is 9.70. The van der Waals surface area contributed by atoms with Crippen LogP contribution in [0.25, 0.3) is 21.9 Å². The minimum atomic E-state index is -4.41. The summed E-state index contributed by atoms with van der Waals surface area (Å²) in [6, 6.07) is 26.5. The molecular weight excluding hydrogens is 812 g/mol. The fraction of sp³-hybridized carbons (Fsp3) is 0.375. The highest BCUT2D eigenvalue weighted by atomic mass is 19.4. The summed E-state index contributed by atoms with van der Waals surface area (Å²) in [4.78, 5) is 48.8. The Morgan fingerprint density at radius 1 is 0.889 bits per heavy atom. The molecule has 63 heavy (non-hydrogen) atoms. The maximum absolute atomic E-state index is 13.4. The van der Waals surface area contributed by atoms with Crippen molar-refractivity contribution in [1.82, 2.24) is 30.3 Å². The zero-order chi connectivity index (χ0) is 44.0. The first-order chi connectivity index (χ1) is 30.3. The minimum Gasteiger partial charge on any atom is -0.374 e. The van der Waals surface area contributed by atoms with Crippen LogP contribution in [0.15, 0.2) is 97.1 Å². The normalized spacial score (nSPS) is 22.1. The van der Waals surface area contributed by atoms with Gasteiger partial charge in [0.2, 0.25) is 11.8 Å². The molecule has 4 atom stereocenters. The third kappa shape index (κ3) is 8.93. The lowest BCUT2D eigenvalue weighted by atomic mass is 9.95. The number of alkyl halides is 3. The fourth-order valence-electron chi connectivity index (χ4n) is 9.70. The Kier molecular flexibility index (Phi) is 11.8. The number of halogens is 3. The Hall–Kier alpha value is -5.71. The number of nitrogens with zero attached hydrogens (tertiary/aromatic N) is 4. The number of likely N-dealkylation sites (tertiary alicyclic amines) is 2. The molecule has 1 aromatic heterocycles. The number of nitrogens with one attached hydrogen (secondary N) is 3. The zero-order valence-corrected chi connectivity index (χ0v) is 34.8. The first-order valence-electron chi connectivity index (χ1n) is 21.6. The molecule has 3 fully saturated rings. The van der Waals surface area contributed by atoms with Gasteiger partial charge in [-0.05, 0) is 96.0 Å². The maximum Gasteiger partial charge on any atom is 0.416 e. The van der Waals surface area contributed by atoms with Crippen molar-refractivity contribution >= 4 is 34.3 Å². The molecule has 0 radical (unpaired) electrons. The Morgan fingerprint density at radius 3 is 2.38 bits per heavy atom. The molecule has 328 valence electrons. The molecule has 4 aliphatic heterocycles. The first kappa shape index (κ1) is 42.6. The minimum absolute atomic E-state index is 0.161. The highest BCUT2D eigenvalue weighted by Crippen LogP contribution is 2.44. The lowest BCUT2D eigenvalue weighted by Crippen LogP contribution is -2.53. The van der Waals surface area contributed by atoms with E-state index in [0.29, 0.717) is 34.7 Å². The first-order valence-corrected chi connectivity index (χ1v) is 21.6. The zero-order valence-electron chi connectivity index (χ0n) is 34.8. The summed E-state index contributed by atoms with van der Waals surface area (Å²) < 4.78 is 39.4. The second kappa shape index (κ2) is 17.5. The lowest BCUT2D eigenvalue weighted by molar-refractivity contribution is -0.154. The quantitative estimate of drug-likeness (QED) is 0.0930. The van der Waals surface area contributed by atoms with Crippen molar-refractivity contribution < 1.29 is 37.8 Å². The largest absolute Gasteiger partial charge is 0.416 e. The van der Waals surface area contributed by atoms with Crippen LogP contribution < -0.4 is 16.0 Å². The molecule has 3 amide bonds. The topological polar surface area (TPSA) is 150 Å². The number of pyridine rings is 1. The van der Waals surface area contributed by atoms with E-state index in [1.54, 1.807) is 18.2 Å². The Labute approximate surface area is 363 Å². The predicted molar refractivity (Wildman–Crippen MR) is 231 cm³/mol. The van der Waals surface area contributed by atoms with Crippen LogP contribution >= 0.6 is 0 Å². The van der Waals surface area contributed by atoms with Crippen LogP contribution in [0.1, 0.15) is 89.4 Å². The van der Waals surface area contributed by atoms with Crippen LogP contribution in [0, 0.1) is 5.92 Å². The van der Waals surface area contributed by atoms with Gasteiger partial charge in [-0.3, -0.25) is 24.6 Å². The van der Waals surface area contributed by atoms with Crippen LogP contribution in [-0.2, 0) is 22.3 Å². The lowest BCUT2D eigenvalue weighted by Gasteiger charge is -2.43. The van der Waals surface area contributed by atoms with Crippen LogP contribution in [-0.4, -0.2) is 92.4 Å². The van der Waals surface area contributed by atoms with Crippen molar-refractivity contribution in [3.05, 3.63) is 131 Å². The van der Waals surface area contributed by atoms with E-state index in [1.807, 2.05) is 61.5 Å². The van der Waals surface area contributed by atoms with E-state index in [1.165, 1.54) is 17.0 Å². The molecule has 0 spiro atoms. The van der Waals surface area contributed by atoms with Crippen LogP contribution in [0.2, 0.25) is 0 Å². The highest BCUT2D eigenvalue weighted by molar-refractivity contribution is 6.03. The van der Waals surface area contributed by atoms with Crippen LogP contribution in [0.4, 0.5) is 19.0 Å². The molecule has 9 rings (SSSR count). The number of anilines is 1. The number of piperidine rings is 2. The van der Waals surface area contributed by atoms with E-state index < -0.39 is 36.1 Å². The molecule has 5 aromatic rings. The van der Waals surface area contributed by atoms with Crippen molar-refractivity contribution in [1.29, 1.82) is 0 Å². The third-order valence-electron chi connectivity index (χ3n) is 13.0. The number of hydrogen-bond donors (Lipinski definition) is 5. The van der Waals surface area contributed by atoms with Crippen LogP contribution in [0.3, 0.4) is 0 Å². The molecule has 0 saturated carbocycles. The molecular formula is C48H50F3N7O5. The molecule has 15 heteroatoms. The van der Waals surface area contributed by atoms with Gasteiger partial charge in [0.05, 0.1) is 23.3 Å². The standard InChI is InChI=1S/C48H50F3N7O5/c1-28(52-44(60)32-13-16-37-31(23-32)5-2-7-36(37)30-11-14-34(15-12-30)48(49,50)51)39-9-4-10-41(54-39)53-35-19-21-56(22-20-35)24-29-25-57(26-29)27-33-6-3-8-38-43(33)47(63)58(46(38)62)40-17-18-42(59)55-45(40)61/h2-16,23,28-29,35,40,46-47,62-63H,17-22,24-27H2,1H3,(H,52,60)(H,53,54)(H,55,59,61)/t28-,40-,46-,47-/m0/s1. The van der Waals surface area contributed by atoms with Gasteiger partial charge in [0.15, 0.2) is 0 Å². The van der Waals surface area contributed by atoms with Gasteiger partial charge in [0.25, 0.3) is 5.91 Å². The third-order valence-corrected chi connectivity index (χ3v) is 13.0. The summed E-state index contributed by atoms with van der Waals surface area (Å²) in [5, 5.41) is 33.1. The maximum atomic E-state index is 13.4. The number of imide groups is 1. The van der Waals surface area contributed by atoms with Gasteiger partial charge in [-0.15, -0.1) is 0 Å². The molecule has 0 unspecified atom stereocenters. The molecule has 0 bridgehead atoms. The Morgan fingerprint density at radius 2 is 1.63 bits per heavy atom. The number of aliphatic hydroxyl groups excluding tert-OH is 2. The SMILES string of the molecule is C[C@H](NC(=O)c1ccc2c(-c3ccc(C(F)(F)F)cc3)cccc2c1)c1cccc(NC2CCN(CC3CN(Cc4cccc5c4[C@H](O)N([C@H]4CCC(=O)NC4=O)[C@H]5O)C3)CC2)n1. The number of fused-ring (bicyclic) bond motifs is 2. The molecule has 3 saturated heterocycles. The molecule has 5 heterocycles. The van der Waals surface area contributed by atoms with Crippen molar-refractivity contribution in [2.24, 2.45) is 5.92 Å². The van der Waals surface area contributed by atoms with Gasteiger partial charge in [0, 0.05) is 68.4 Å². The average Bonchev–Trinajstić information content (AvgIpc) is 3.51. The number of rotatable bonds is 11. The van der Waals surface area contributed by atoms with Gasteiger partial charge in [-0.1, -0.05) is 60.7 Å². The van der Waals surface area contributed by atoms with Crippen LogP contribution in [0.5, 0.6) is 0 Å². The summed E-state index contributed by atoms with van der Waals surface area (Å²) in [5.41, 5.74) is 4.10. The summed E-state index contributed by atoms with van der Waals surface area (Å²) in [7, 11) is 0. The van der Waals surface area contributed by atoms with E-state index in [4.69, 9.17) is 4.98 Å². The number of carbonyl (C=O) groups excluding carboxylic acids is 3. The Bertz CT molecular complexity index is 2520. The summed E-state index contributed by atoms with van der Waals surface area (Å²) in [6.07, 6.45) is -4.34. The van der Waals surface area contributed by atoms with Crippen molar-refractivity contribution in [2.45, 2.75) is 75.9 Å². The van der Waals surface area contributed by atoms with Gasteiger partial charge in [0.1, 0.15) is 18.3 Å². The van der Waals surface area contributed by atoms with Crippen molar-refractivity contribution in [3.8, 4) is 11.1 Å². The van der Waals surface area contributed by atoms with E-state index in [0.717, 1.165) is 91.1 Å². The van der Waals surface area contributed by atoms with E-state index in [-0.39, 0.29) is 36.7 Å². The van der Waals surface area contributed by atoms with Gasteiger partial charge < -0.3 is 25.7 Å². The van der Waals surface area contributed by atoms with Gasteiger partial charge in [-0.25, -0.2) is 9.88 Å². The number of amides is 3. The molecule has 5 N–H and O–H groups in total. The number of aliphatic hydroxyl groups is 2. The molecule has 0 aliphatic carbocycles.